The Bertz CT molecular complexity index is 827. The molecule has 0 aromatic heterocycles. The topological polar surface area (TPSA) is 88.1 Å². The molecule has 0 bridgehead atoms. The Morgan fingerprint density at radius 3 is 2.44 bits per heavy atom. The molecule has 0 spiro atoms. The Morgan fingerprint density at radius 1 is 1.19 bits per heavy atom. The van der Waals surface area contributed by atoms with Crippen molar-refractivity contribution in [2.75, 3.05) is 26.0 Å². The second-order valence-corrected chi connectivity index (χ2v) is 5.95. The number of aliphatic carboxylic acids is 1. The first-order valence-electron chi connectivity index (χ1n) is 8.17. The monoisotopic (exact) mass is 376 g/mol. The third kappa shape index (κ3) is 5.34. The number of benzene rings is 2. The van der Waals surface area contributed by atoms with E-state index in [0.717, 1.165) is 6.07 Å². The van der Waals surface area contributed by atoms with Gasteiger partial charge in [0.2, 0.25) is 0 Å². The van der Waals surface area contributed by atoms with Gasteiger partial charge in [-0.2, -0.15) is 0 Å². The van der Waals surface area contributed by atoms with Crippen LogP contribution in [-0.2, 0) is 4.79 Å². The summed E-state index contributed by atoms with van der Waals surface area (Å²) >= 11 is 0. The smallest absolute Gasteiger partial charge is 0.321 e. The second-order valence-electron chi connectivity index (χ2n) is 5.95. The Balaban J connectivity index is 2.06. The highest BCUT2D eigenvalue weighted by molar-refractivity contribution is 5.89. The third-order valence-electron chi connectivity index (χ3n) is 3.79. The van der Waals surface area contributed by atoms with Crippen molar-refractivity contribution in [3.63, 3.8) is 0 Å². The fourth-order valence-electron chi connectivity index (χ4n) is 2.27. The molecular weight excluding hydrogens is 355 g/mol. The van der Waals surface area contributed by atoms with Crippen LogP contribution in [0, 0.1) is 11.7 Å². The number of carbonyl (C=O) groups excluding carboxylic acids is 1. The Kier molecular flexibility index (Phi) is 6.59. The van der Waals surface area contributed by atoms with Gasteiger partial charge in [-0.3, -0.25) is 4.79 Å². The first kappa shape index (κ1) is 20.0. The Labute approximate surface area is 156 Å². The van der Waals surface area contributed by atoms with Gasteiger partial charge >= 0.3 is 12.0 Å². The summed E-state index contributed by atoms with van der Waals surface area (Å²) in [6.07, 6.45) is 0. The molecule has 2 N–H and O–H groups in total. The van der Waals surface area contributed by atoms with Crippen molar-refractivity contribution in [2.45, 2.75) is 6.92 Å². The van der Waals surface area contributed by atoms with Gasteiger partial charge in [0.1, 0.15) is 0 Å². The normalized spacial score (nSPS) is 11.4. The number of hydrogen-bond acceptors (Lipinski definition) is 4. The molecule has 2 aromatic rings. The van der Waals surface area contributed by atoms with Crippen LogP contribution in [0.5, 0.6) is 17.2 Å². The van der Waals surface area contributed by atoms with Crippen LogP contribution in [0.4, 0.5) is 14.9 Å². The Hall–Kier alpha value is -3.29. The zero-order valence-electron chi connectivity index (χ0n) is 15.2. The summed E-state index contributed by atoms with van der Waals surface area (Å²) in [6, 6.07) is 10.3. The molecular formula is C19H21FN2O5. The van der Waals surface area contributed by atoms with E-state index in [2.05, 4.69) is 5.32 Å². The molecule has 0 saturated carbocycles. The minimum absolute atomic E-state index is 0.0228. The molecule has 144 valence electrons. The number of methoxy groups -OCH3 is 1. The van der Waals surface area contributed by atoms with Gasteiger partial charge in [0.25, 0.3) is 0 Å². The summed E-state index contributed by atoms with van der Waals surface area (Å²) in [6.45, 7) is 1.52. The van der Waals surface area contributed by atoms with Gasteiger partial charge in [-0.25, -0.2) is 9.18 Å². The van der Waals surface area contributed by atoms with E-state index in [1.807, 2.05) is 0 Å². The molecule has 2 aromatic carbocycles. The van der Waals surface area contributed by atoms with E-state index in [1.165, 1.54) is 38.1 Å². The summed E-state index contributed by atoms with van der Waals surface area (Å²) in [4.78, 5) is 24.2. The molecule has 8 heteroatoms. The first-order valence-corrected chi connectivity index (χ1v) is 8.17. The maximum Gasteiger partial charge on any atom is 0.321 e. The van der Waals surface area contributed by atoms with Crippen LogP contribution in [-0.4, -0.2) is 42.7 Å². The summed E-state index contributed by atoms with van der Waals surface area (Å²) in [7, 11) is 2.95. The summed E-state index contributed by atoms with van der Waals surface area (Å²) in [5.74, 6) is -1.58. The van der Waals surface area contributed by atoms with E-state index in [-0.39, 0.29) is 18.0 Å². The molecule has 0 saturated heterocycles. The van der Waals surface area contributed by atoms with Crippen molar-refractivity contribution in [1.82, 2.24) is 4.90 Å². The molecule has 0 aliphatic carbocycles. The maximum absolute atomic E-state index is 14.3. The van der Waals surface area contributed by atoms with Crippen LogP contribution >= 0.6 is 0 Å². The molecule has 27 heavy (non-hydrogen) atoms. The number of amides is 2. The van der Waals surface area contributed by atoms with Crippen LogP contribution in [0.1, 0.15) is 6.92 Å². The van der Waals surface area contributed by atoms with E-state index in [0.29, 0.717) is 11.5 Å². The van der Waals surface area contributed by atoms with Gasteiger partial charge in [0.05, 0.1) is 13.0 Å². The van der Waals surface area contributed by atoms with Crippen molar-refractivity contribution in [3.05, 3.63) is 48.3 Å². The van der Waals surface area contributed by atoms with E-state index in [9.17, 15) is 14.0 Å². The van der Waals surface area contributed by atoms with Crippen molar-refractivity contribution >= 4 is 17.7 Å². The molecule has 1 atom stereocenters. The lowest BCUT2D eigenvalue weighted by Gasteiger charge is -2.20. The number of anilines is 1. The highest BCUT2D eigenvalue weighted by atomic mass is 19.1. The molecule has 2 amide bonds. The summed E-state index contributed by atoms with van der Waals surface area (Å²) < 4.78 is 25.0. The largest absolute Gasteiger partial charge is 0.493 e. The van der Waals surface area contributed by atoms with Gasteiger partial charge in [-0.1, -0.05) is 19.1 Å². The number of rotatable bonds is 7. The number of nitrogens with one attached hydrogen (secondary N) is 1. The number of carboxylic acid groups (broad SMARTS) is 1. The van der Waals surface area contributed by atoms with Gasteiger partial charge in [-0.15, -0.1) is 0 Å². The number of urea groups is 1. The molecule has 7 nitrogen and oxygen atoms in total. The van der Waals surface area contributed by atoms with Gasteiger partial charge in [-0.05, 0) is 24.3 Å². The van der Waals surface area contributed by atoms with Crippen molar-refractivity contribution in [1.29, 1.82) is 0 Å². The van der Waals surface area contributed by atoms with E-state index < -0.39 is 23.7 Å². The molecule has 0 aliphatic heterocycles. The quantitative estimate of drug-likeness (QED) is 0.767. The first-order chi connectivity index (χ1) is 12.8. The molecule has 0 fully saturated rings. The summed E-state index contributed by atoms with van der Waals surface area (Å²) in [5.41, 5.74) is 0.222. The fraction of sp³-hybridized carbons (Fsp3) is 0.263. The highest BCUT2D eigenvalue weighted by Crippen LogP contribution is 2.33. The van der Waals surface area contributed by atoms with E-state index in [1.54, 1.807) is 24.3 Å². The maximum atomic E-state index is 14.3. The number of carbonyl (C=O) groups is 2. The minimum Gasteiger partial charge on any atom is -0.493 e. The lowest BCUT2D eigenvalue weighted by atomic mass is 10.2. The van der Waals surface area contributed by atoms with Crippen molar-refractivity contribution in [3.8, 4) is 17.2 Å². The van der Waals surface area contributed by atoms with Crippen molar-refractivity contribution < 1.29 is 28.6 Å². The Morgan fingerprint density at radius 2 is 1.85 bits per heavy atom. The third-order valence-corrected chi connectivity index (χ3v) is 3.79. The number of hydrogen-bond donors (Lipinski definition) is 2. The molecule has 0 heterocycles. The number of ether oxygens (including phenoxy) is 2. The molecule has 2 rings (SSSR count). The number of nitrogens with zero attached hydrogens (tertiary/aromatic N) is 1. The average molecular weight is 376 g/mol. The minimum atomic E-state index is -1.00. The predicted molar refractivity (Wildman–Crippen MR) is 97.9 cm³/mol. The van der Waals surface area contributed by atoms with Crippen LogP contribution < -0.4 is 14.8 Å². The van der Waals surface area contributed by atoms with E-state index >= 15 is 0 Å². The fourth-order valence-corrected chi connectivity index (χ4v) is 2.27. The molecule has 0 aliphatic rings. The van der Waals surface area contributed by atoms with Crippen LogP contribution in [0.3, 0.4) is 0 Å². The van der Waals surface area contributed by atoms with Gasteiger partial charge in [0, 0.05) is 25.3 Å². The van der Waals surface area contributed by atoms with Gasteiger partial charge in [0.15, 0.2) is 23.1 Å². The standard InChI is InChI=1S/C19H21FN2O5/c1-12(18(23)24)11-22(2)19(25)21-13-8-9-15(14(20)10-13)27-17-7-5-4-6-16(17)26-3/h4-10,12H,11H2,1-3H3,(H,21,25)(H,23,24). The van der Waals surface area contributed by atoms with E-state index in [4.69, 9.17) is 14.6 Å². The van der Waals surface area contributed by atoms with Crippen molar-refractivity contribution in [2.24, 2.45) is 5.92 Å². The number of halogens is 1. The predicted octanol–water partition coefficient (Wildman–Crippen LogP) is 3.81. The van der Waals surface area contributed by atoms with Gasteiger partial charge < -0.3 is 24.8 Å². The number of carboxylic acids is 1. The molecule has 0 radical (unpaired) electrons. The average Bonchev–Trinajstić information content (AvgIpc) is 2.64. The zero-order chi connectivity index (χ0) is 20.0. The van der Waals surface area contributed by atoms with Crippen LogP contribution in [0.2, 0.25) is 0 Å². The second kappa shape index (κ2) is 8.88. The number of para-hydroxylation sites is 2. The highest BCUT2D eigenvalue weighted by Gasteiger charge is 2.18. The SMILES string of the molecule is COc1ccccc1Oc1ccc(NC(=O)N(C)CC(C)C(=O)O)cc1F. The molecule has 1 unspecified atom stereocenters. The lowest BCUT2D eigenvalue weighted by molar-refractivity contribution is -0.141. The van der Waals surface area contributed by atoms with Crippen LogP contribution in [0.25, 0.3) is 0 Å². The lowest BCUT2D eigenvalue weighted by Crippen LogP contribution is -2.36. The summed E-state index contributed by atoms with van der Waals surface area (Å²) in [5, 5.41) is 11.4. The zero-order valence-corrected chi connectivity index (χ0v) is 15.2. The van der Waals surface area contributed by atoms with Crippen LogP contribution in [0.15, 0.2) is 42.5 Å².